The minimum atomic E-state index is -0.786. The molecule has 4 nitrogen and oxygen atoms in total. The van der Waals surface area contributed by atoms with Crippen LogP contribution in [0.4, 0.5) is 0 Å². The second-order valence-electron chi connectivity index (χ2n) is 2.98. The van der Waals surface area contributed by atoms with Gasteiger partial charge in [-0.15, -0.1) is 0 Å². The van der Waals surface area contributed by atoms with Gasteiger partial charge in [-0.2, -0.15) is 0 Å². The molecule has 0 radical (unpaired) electrons. The second-order valence-corrected chi connectivity index (χ2v) is 2.98. The minimum absolute atomic E-state index is 0.112. The van der Waals surface area contributed by atoms with Gasteiger partial charge in [0.1, 0.15) is 0 Å². The molecule has 0 aliphatic rings. The molecule has 0 spiro atoms. The number of rotatable bonds is 3. The molecule has 88 valence electrons. The molecule has 1 aromatic carbocycles. The molecule has 1 N–H and O–H groups in total. The van der Waals surface area contributed by atoms with Crippen molar-refractivity contribution in [1.29, 1.82) is 0 Å². The highest BCUT2D eigenvalue weighted by molar-refractivity contribution is 5.70. The summed E-state index contributed by atoms with van der Waals surface area (Å²) in [4.78, 5) is 20.0. The number of carbonyl (C=O) groups excluding carboxylic acids is 1. The second kappa shape index (κ2) is 8.47. The molecule has 0 bridgehead atoms. The zero-order valence-corrected chi connectivity index (χ0v) is 9.47. The number of hydrogen-bond acceptors (Lipinski definition) is 3. The van der Waals surface area contributed by atoms with Crippen LogP contribution in [0.25, 0.3) is 0 Å². The van der Waals surface area contributed by atoms with E-state index < -0.39 is 5.97 Å². The third kappa shape index (κ3) is 8.74. The Morgan fingerprint density at radius 2 is 1.81 bits per heavy atom. The molecule has 0 aromatic heterocycles. The van der Waals surface area contributed by atoms with Gasteiger partial charge in [0.2, 0.25) is 0 Å². The van der Waals surface area contributed by atoms with E-state index in [0.29, 0.717) is 6.61 Å². The molecule has 0 atom stereocenters. The minimum Gasteiger partial charge on any atom is -0.481 e. The zero-order chi connectivity index (χ0) is 12.4. The predicted molar refractivity (Wildman–Crippen MR) is 60.1 cm³/mol. The molecule has 1 rings (SSSR count). The quantitative estimate of drug-likeness (QED) is 0.796. The van der Waals surface area contributed by atoms with Crippen molar-refractivity contribution < 1.29 is 19.4 Å². The fraction of sp³-hybridized carbons (Fsp3) is 0.333. The van der Waals surface area contributed by atoms with Crippen LogP contribution in [0, 0.1) is 0 Å². The van der Waals surface area contributed by atoms with Crippen LogP contribution in [0.3, 0.4) is 0 Å². The van der Waals surface area contributed by atoms with E-state index in [1.807, 2.05) is 18.2 Å². The average Bonchev–Trinajstić information content (AvgIpc) is 2.18. The van der Waals surface area contributed by atoms with Gasteiger partial charge in [0.25, 0.3) is 0 Å². The van der Waals surface area contributed by atoms with Gasteiger partial charge < -0.3 is 9.84 Å². The average molecular weight is 224 g/mol. The van der Waals surface area contributed by atoms with Gasteiger partial charge in [-0.25, -0.2) is 0 Å². The van der Waals surface area contributed by atoms with Gasteiger partial charge in [0.15, 0.2) is 0 Å². The van der Waals surface area contributed by atoms with Crippen molar-refractivity contribution in [2.75, 3.05) is 6.61 Å². The summed E-state index contributed by atoms with van der Waals surface area (Å²) in [6.45, 7) is 3.65. The highest BCUT2D eigenvalue weighted by Gasteiger charge is 1.96. The number of hydrogen-bond donors (Lipinski definition) is 1. The molecule has 0 amide bonds. The van der Waals surface area contributed by atoms with Crippen LogP contribution in [0.15, 0.2) is 30.3 Å². The van der Waals surface area contributed by atoms with Crippen molar-refractivity contribution in [1.82, 2.24) is 0 Å². The van der Waals surface area contributed by atoms with Crippen LogP contribution < -0.4 is 0 Å². The van der Waals surface area contributed by atoms with Gasteiger partial charge in [-0.05, 0) is 12.5 Å². The highest BCUT2D eigenvalue weighted by Crippen LogP contribution is 1.98. The van der Waals surface area contributed by atoms with Gasteiger partial charge in [0.05, 0.1) is 13.0 Å². The zero-order valence-electron chi connectivity index (χ0n) is 9.47. The molecule has 16 heavy (non-hydrogen) atoms. The molecule has 0 saturated heterocycles. The normalized spacial score (nSPS) is 8.62. The summed E-state index contributed by atoms with van der Waals surface area (Å²) in [5.41, 5.74) is 0.843. The summed E-state index contributed by atoms with van der Waals surface area (Å²) in [6, 6.07) is 9.13. The highest BCUT2D eigenvalue weighted by atomic mass is 16.5. The molecule has 0 heterocycles. The van der Waals surface area contributed by atoms with Crippen molar-refractivity contribution in [3.8, 4) is 0 Å². The maximum atomic E-state index is 10.2. The van der Waals surface area contributed by atoms with E-state index in [1.54, 1.807) is 19.1 Å². The van der Waals surface area contributed by atoms with E-state index in [1.165, 1.54) is 6.92 Å². The lowest BCUT2D eigenvalue weighted by Crippen LogP contribution is -1.98. The third-order valence-electron chi connectivity index (χ3n) is 1.55. The van der Waals surface area contributed by atoms with Crippen LogP contribution in [-0.2, 0) is 20.7 Å². The van der Waals surface area contributed by atoms with Crippen molar-refractivity contribution in [2.24, 2.45) is 0 Å². The summed E-state index contributed by atoms with van der Waals surface area (Å²) >= 11 is 0. The molecule has 0 unspecified atom stereocenters. The molecule has 0 aliphatic heterocycles. The Labute approximate surface area is 94.9 Å². The Bertz CT molecular complexity index is 319. The summed E-state index contributed by atoms with van der Waals surface area (Å²) in [6.07, 6.45) is 0.112. The summed E-state index contributed by atoms with van der Waals surface area (Å²) < 4.78 is 4.40. The summed E-state index contributed by atoms with van der Waals surface area (Å²) in [7, 11) is 0. The van der Waals surface area contributed by atoms with E-state index in [0.717, 1.165) is 5.56 Å². The third-order valence-corrected chi connectivity index (χ3v) is 1.55. The van der Waals surface area contributed by atoms with Gasteiger partial charge in [-0.3, -0.25) is 9.59 Å². The number of aliphatic carboxylic acids is 1. The largest absolute Gasteiger partial charge is 0.481 e. The van der Waals surface area contributed by atoms with Crippen molar-refractivity contribution in [2.45, 2.75) is 20.3 Å². The first-order chi connectivity index (χ1) is 7.56. The number of carboxylic acids is 1. The molecule has 0 fully saturated rings. The van der Waals surface area contributed by atoms with E-state index in [2.05, 4.69) is 4.74 Å². The van der Waals surface area contributed by atoms with Crippen LogP contribution in [0.1, 0.15) is 19.4 Å². The fourth-order valence-electron chi connectivity index (χ4n) is 0.974. The van der Waals surface area contributed by atoms with Crippen LogP contribution in [0.5, 0.6) is 0 Å². The maximum Gasteiger partial charge on any atom is 0.307 e. The van der Waals surface area contributed by atoms with E-state index in [9.17, 15) is 9.59 Å². The first kappa shape index (κ1) is 14.2. The van der Waals surface area contributed by atoms with Crippen molar-refractivity contribution in [3.05, 3.63) is 35.9 Å². The van der Waals surface area contributed by atoms with Crippen LogP contribution >= 0.6 is 0 Å². The number of carbonyl (C=O) groups is 2. The Balaban J connectivity index is 0.000000325. The SMILES string of the molecule is CCOC(C)=O.O=C(O)Cc1ccccc1. The van der Waals surface area contributed by atoms with Crippen LogP contribution in [-0.4, -0.2) is 23.7 Å². The molecular weight excluding hydrogens is 208 g/mol. The lowest BCUT2D eigenvalue weighted by atomic mass is 10.2. The monoisotopic (exact) mass is 224 g/mol. The number of carboxylic acid groups (broad SMARTS) is 1. The molecule has 0 saturated carbocycles. The lowest BCUT2D eigenvalue weighted by molar-refractivity contribution is -0.140. The van der Waals surface area contributed by atoms with E-state index in [4.69, 9.17) is 5.11 Å². The van der Waals surface area contributed by atoms with Gasteiger partial charge >= 0.3 is 11.9 Å². The Hall–Kier alpha value is -1.84. The predicted octanol–water partition coefficient (Wildman–Crippen LogP) is 1.88. The first-order valence-electron chi connectivity index (χ1n) is 4.95. The molecule has 1 aromatic rings. The van der Waals surface area contributed by atoms with Gasteiger partial charge in [-0.1, -0.05) is 30.3 Å². The summed E-state index contributed by atoms with van der Waals surface area (Å²) in [5.74, 6) is -0.997. The molecular formula is C12H16O4. The van der Waals surface area contributed by atoms with Crippen molar-refractivity contribution in [3.63, 3.8) is 0 Å². The van der Waals surface area contributed by atoms with Gasteiger partial charge in [0, 0.05) is 6.92 Å². The summed E-state index contributed by atoms with van der Waals surface area (Å²) in [5, 5.41) is 8.37. The van der Waals surface area contributed by atoms with Crippen molar-refractivity contribution >= 4 is 11.9 Å². The molecule has 0 aliphatic carbocycles. The Kier molecular flexibility index (Phi) is 7.49. The number of esters is 1. The Morgan fingerprint density at radius 3 is 2.12 bits per heavy atom. The topological polar surface area (TPSA) is 63.6 Å². The van der Waals surface area contributed by atoms with E-state index in [-0.39, 0.29) is 12.4 Å². The standard InChI is InChI=1S/C8H8O2.C4H8O2/c9-8(10)6-7-4-2-1-3-5-7;1-3-6-4(2)5/h1-5H,6H2,(H,9,10);3H2,1-2H3. The lowest BCUT2D eigenvalue weighted by Gasteiger charge is -1.92. The van der Waals surface area contributed by atoms with Crippen LogP contribution in [0.2, 0.25) is 0 Å². The maximum absolute atomic E-state index is 10.2. The first-order valence-corrected chi connectivity index (χ1v) is 4.95. The fourth-order valence-corrected chi connectivity index (χ4v) is 0.974. The van der Waals surface area contributed by atoms with E-state index >= 15 is 0 Å². The molecule has 4 heteroatoms. The Morgan fingerprint density at radius 1 is 1.25 bits per heavy atom. The number of ether oxygens (including phenoxy) is 1. The smallest absolute Gasteiger partial charge is 0.307 e. The number of benzene rings is 1.